The lowest BCUT2D eigenvalue weighted by Gasteiger charge is -2.09. The normalized spacial score (nSPS) is 9.18. The first-order valence-electron chi connectivity index (χ1n) is 5.41. The maximum atomic E-state index is 5.27. The number of hydrogen-bond donors (Lipinski definition) is 0. The molecular weight excluding hydrogens is 249 g/mol. The van der Waals surface area contributed by atoms with Crippen LogP contribution in [0.3, 0.4) is 0 Å². The predicted molar refractivity (Wildman–Crippen MR) is 85.2 cm³/mol. The lowest BCUT2D eigenvalue weighted by Crippen LogP contribution is -2.01. The SMILES string of the molecule is C.C1=Nc2ccccc2OC1.CC.CC.P=S. The molecule has 0 spiro atoms. The first-order chi connectivity index (χ1) is 7.97. The summed E-state index contributed by atoms with van der Waals surface area (Å²) in [5.74, 6) is 0.880. The Bertz CT molecular complexity index is 293. The Labute approximate surface area is 113 Å². The quantitative estimate of drug-likeness (QED) is 0.616. The first-order valence-corrected chi connectivity index (χ1v) is 7.05. The molecule has 0 unspecified atom stereocenters. The van der Waals surface area contributed by atoms with E-state index in [1.165, 1.54) is 0 Å². The van der Waals surface area contributed by atoms with Crippen molar-refractivity contribution in [3.8, 4) is 5.75 Å². The third-order valence-corrected chi connectivity index (χ3v) is 1.41. The van der Waals surface area contributed by atoms with E-state index >= 15 is 0 Å². The summed E-state index contributed by atoms with van der Waals surface area (Å²) in [6.45, 7) is 8.59. The van der Waals surface area contributed by atoms with Crippen LogP contribution in [-0.4, -0.2) is 12.8 Å². The Morgan fingerprint density at radius 3 is 2.18 bits per heavy atom. The number of hydrogen-bond acceptors (Lipinski definition) is 3. The molecule has 98 valence electrons. The standard InChI is InChI=1S/C8H7NO.2C2H6.CH4.HPS/c1-2-4-8-7(3-1)9-5-6-10-8;2*1-2;;1-2/h1-5H,6H2;2*1-2H3;1H4;1H. The molecule has 1 aliphatic heterocycles. The van der Waals surface area contributed by atoms with E-state index in [0.717, 1.165) is 11.4 Å². The molecule has 0 saturated carbocycles. The van der Waals surface area contributed by atoms with Crippen LogP contribution >= 0.6 is 8.02 Å². The highest BCUT2D eigenvalue weighted by Gasteiger charge is 2.02. The van der Waals surface area contributed by atoms with Gasteiger partial charge in [0.25, 0.3) is 0 Å². The fraction of sp³-hybridized carbons (Fsp3) is 0.462. The smallest absolute Gasteiger partial charge is 0.145 e. The van der Waals surface area contributed by atoms with Crippen LogP contribution in [0.2, 0.25) is 0 Å². The van der Waals surface area contributed by atoms with Gasteiger partial charge in [-0.05, 0) is 20.1 Å². The van der Waals surface area contributed by atoms with Gasteiger partial charge in [-0.3, -0.25) is 4.99 Å². The molecule has 17 heavy (non-hydrogen) atoms. The van der Waals surface area contributed by atoms with E-state index in [9.17, 15) is 0 Å². The van der Waals surface area contributed by atoms with Crippen LogP contribution in [0, 0.1) is 0 Å². The highest BCUT2D eigenvalue weighted by Crippen LogP contribution is 2.27. The summed E-state index contributed by atoms with van der Waals surface area (Å²) in [6.07, 6.45) is 1.77. The molecule has 0 N–H and O–H groups in total. The van der Waals surface area contributed by atoms with Gasteiger partial charge in [0, 0.05) is 6.21 Å². The zero-order valence-corrected chi connectivity index (χ0v) is 12.2. The molecule has 0 saturated heterocycles. The van der Waals surface area contributed by atoms with E-state index in [1.807, 2.05) is 52.0 Å². The van der Waals surface area contributed by atoms with E-state index < -0.39 is 0 Å². The minimum Gasteiger partial charge on any atom is -0.486 e. The second kappa shape index (κ2) is 17.6. The number of fused-ring (bicyclic) bond motifs is 1. The Hall–Kier alpha value is -0.790. The van der Waals surface area contributed by atoms with Gasteiger partial charge in [0.15, 0.2) is 0 Å². The van der Waals surface area contributed by atoms with Crippen molar-refractivity contribution in [2.45, 2.75) is 35.1 Å². The largest absolute Gasteiger partial charge is 0.486 e. The summed E-state index contributed by atoms with van der Waals surface area (Å²) in [4.78, 5) is 4.14. The van der Waals surface area contributed by atoms with Gasteiger partial charge in [0.1, 0.15) is 18.0 Å². The van der Waals surface area contributed by atoms with Gasteiger partial charge < -0.3 is 4.74 Å². The molecule has 0 atom stereocenters. The molecule has 1 heterocycles. The van der Waals surface area contributed by atoms with Crippen LogP contribution in [-0.2, 0) is 11.8 Å². The summed E-state index contributed by atoms with van der Waals surface area (Å²) >= 11 is 3.89. The molecule has 0 amide bonds. The minimum absolute atomic E-state index is 0. The molecule has 0 aromatic heterocycles. The predicted octanol–water partition coefficient (Wildman–Crippen LogP) is 5.06. The summed E-state index contributed by atoms with van der Waals surface area (Å²) in [5, 5.41) is 0. The third kappa shape index (κ3) is 8.96. The van der Waals surface area contributed by atoms with E-state index in [1.54, 1.807) is 6.21 Å². The highest BCUT2D eigenvalue weighted by atomic mass is 32.4. The van der Waals surface area contributed by atoms with Crippen molar-refractivity contribution in [2.75, 3.05) is 6.61 Å². The van der Waals surface area contributed by atoms with Crippen LogP contribution < -0.4 is 4.74 Å². The zero-order chi connectivity index (χ0) is 12.8. The highest BCUT2D eigenvalue weighted by molar-refractivity contribution is 7.88. The van der Waals surface area contributed by atoms with Crippen molar-refractivity contribution in [2.24, 2.45) is 4.99 Å². The van der Waals surface area contributed by atoms with Gasteiger partial charge >= 0.3 is 0 Å². The molecule has 1 aromatic carbocycles. The average molecular weight is 273 g/mol. The monoisotopic (exact) mass is 273 g/mol. The van der Waals surface area contributed by atoms with Crippen molar-refractivity contribution in [1.29, 1.82) is 0 Å². The minimum atomic E-state index is 0. The van der Waals surface area contributed by atoms with Gasteiger partial charge in [-0.25, -0.2) is 0 Å². The molecule has 0 radical (unpaired) electrons. The molecule has 0 fully saturated rings. The van der Waals surface area contributed by atoms with Crippen LogP contribution in [0.4, 0.5) is 5.69 Å². The summed E-state index contributed by atoms with van der Waals surface area (Å²) in [5.41, 5.74) is 0.925. The van der Waals surface area contributed by atoms with Crippen molar-refractivity contribution >= 4 is 31.7 Å². The van der Waals surface area contributed by atoms with Crippen LogP contribution in [0.5, 0.6) is 5.75 Å². The van der Waals surface area contributed by atoms with Gasteiger partial charge in [0.2, 0.25) is 0 Å². The number of aliphatic imine (C=N–C) groups is 1. The number of nitrogens with zero attached hydrogens (tertiary/aromatic N) is 1. The van der Waals surface area contributed by atoms with E-state index in [2.05, 4.69) is 24.8 Å². The fourth-order valence-corrected chi connectivity index (χ4v) is 0.949. The number of rotatable bonds is 0. The zero-order valence-electron chi connectivity index (χ0n) is 10.4. The number of ether oxygens (including phenoxy) is 1. The van der Waals surface area contributed by atoms with Crippen molar-refractivity contribution < 1.29 is 4.74 Å². The molecule has 2 rings (SSSR count). The molecule has 4 heteroatoms. The third-order valence-electron chi connectivity index (χ3n) is 1.41. The van der Waals surface area contributed by atoms with Crippen molar-refractivity contribution in [1.82, 2.24) is 0 Å². The van der Waals surface area contributed by atoms with Crippen LogP contribution in [0.15, 0.2) is 29.3 Å². The van der Waals surface area contributed by atoms with Crippen LogP contribution in [0.1, 0.15) is 35.1 Å². The Balaban J connectivity index is -0.000000248. The van der Waals surface area contributed by atoms with Gasteiger partial charge in [-0.15, -0.1) is 0 Å². The van der Waals surface area contributed by atoms with Crippen LogP contribution in [0.25, 0.3) is 0 Å². The fourth-order valence-electron chi connectivity index (χ4n) is 0.949. The summed E-state index contributed by atoms with van der Waals surface area (Å²) in [7, 11) is 2.56. The molecule has 1 aliphatic rings. The summed E-state index contributed by atoms with van der Waals surface area (Å²) < 4.78 is 5.27. The Kier molecular flexibility index (Phi) is 22.2. The van der Waals surface area contributed by atoms with Gasteiger partial charge in [-0.1, -0.05) is 59.1 Å². The lowest BCUT2D eigenvalue weighted by molar-refractivity contribution is 0.377. The van der Waals surface area contributed by atoms with Gasteiger partial charge in [-0.2, -0.15) is 0 Å². The lowest BCUT2D eigenvalue weighted by atomic mass is 10.3. The second-order valence-electron chi connectivity index (χ2n) is 2.09. The molecular formula is C13H24NOPS. The first kappa shape index (κ1) is 21.5. The van der Waals surface area contributed by atoms with E-state index in [4.69, 9.17) is 4.74 Å². The number of para-hydroxylation sites is 2. The van der Waals surface area contributed by atoms with E-state index in [0.29, 0.717) is 6.61 Å². The Morgan fingerprint density at radius 2 is 1.65 bits per heavy atom. The molecule has 0 aliphatic carbocycles. The molecule has 1 aromatic rings. The summed E-state index contributed by atoms with van der Waals surface area (Å²) in [6, 6.07) is 7.75. The maximum Gasteiger partial charge on any atom is 0.145 e. The average Bonchev–Trinajstić information content (AvgIpc) is 2.45. The maximum absolute atomic E-state index is 5.27. The molecule has 0 bridgehead atoms. The van der Waals surface area contributed by atoms with Gasteiger partial charge in [0.05, 0.1) is 0 Å². The van der Waals surface area contributed by atoms with Crippen molar-refractivity contribution in [3.05, 3.63) is 24.3 Å². The topological polar surface area (TPSA) is 21.6 Å². The Morgan fingerprint density at radius 1 is 1.12 bits per heavy atom. The molecule has 2 nitrogen and oxygen atoms in total. The second-order valence-corrected chi connectivity index (χ2v) is 2.09. The number of benzene rings is 1. The van der Waals surface area contributed by atoms with E-state index in [-0.39, 0.29) is 7.43 Å². The van der Waals surface area contributed by atoms with Crippen molar-refractivity contribution in [3.63, 3.8) is 0 Å².